The van der Waals surface area contributed by atoms with Crippen LogP contribution in [0.2, 0.25) is 0 Å². The number of carboxylic acids is 1. The molecule has 1 rings (SSSR count). The van der Waals surface area contributed by atoms with E-state index in [0.717, 1.165) is 5.56 Å². The lowest BCUT2D eigenvalue weighted by atomic mass is 9.93. The second-order valence-corrected chi connectivity index (χ2v) is 5.97. The van der Waals surface area contributed by atoms with Gasteiger partial charge in [0, 0.05) is 5.92 Å². The van der Waals surface area contributed by atoms with Crippen molar-refractivity contribution in [3.8, 4) is 0 Å². The minimum absolute atomic E-state index is 0.214. The van der Waals surface area contributed by atoms with Gasteiger partial charge in [-0.1, -0.05) is 50.1 Å². The summed E-state index contributed by atoms with van der Waals surface area (Å²) in [5.41, 5.74) is 1.07. The Labute approximate surface area is 126 Å². The Bertz CT molecular complexity index is 495. The molecule has 0 aromatic heterocycles. The summed E-state index contributed by atoms with van der Waals surface area (Å²) in [7, 11) is 0. The average molecular weight is 291 g/mol. The molecule has 0 aliphatic rings. The fraction of sp³-hybridized carbons (Fsp3) is 0.529. The van der Waals surface area contributed by atoms with Crippen molar-refractivity contribution in [1.82, 2.24) is 5.32 Å². The number of rotatable bonds is 7. The van der Waals surface area contributed by atoms with Crippen molar-refractivity contribution in [2.75, 3.05) is 0 Å². The third-order valence-corrected chi connectivity index (χ3v) is 3.73. The molecule has 2 unspecified atom stereocenters. The molecule has 0 aliphatic carbocycles. The molecule has 2 N–H and O–H groups in total. The maximum Gasteiger partial charge on any atom is 0.329 e. The van der Waals surface area contributed by atoms with Gasteiger partial charge in [-0.2, -0.15) is 0 Å². The Morgan fingerprint density at radius 3 is 2.33 bits per heavy atom. The van der Waals surface area contributed by atoms with Crippen LogP contribution in [0.15, 0.2) is 24.3 Å². The molecule has 21 heavy (non-hydrogen) atoms. The Hall–Kier alpha value is -1.84. The van der Waals surface area contributed by atoms with Gasteiger partial charge in [-0.15, -0.1) is 0 Å². The van der Waals surface area contributed by atoms with Crippen LogP contribution in [0, 0.1) is 12.8 Å². The monoisotopic (exact) mass is 291 g/mol. The molecule has 0 spiro atoms. The molecule has 0 saturated carbocycles. The molecule has 0 bridgehead atoms. The van der Waals surface area contributed by atoms with Crippen LogP contribution in [0.4, 0.5) is 0 Å². The first-order valence-corrected chi connectivity index (χ1v) is 7.39. The summed E-state index contributed by atoms with van der Waals surface area (Å²) in [4.78, 5) is 23.6. The zero-order valence-corrected chi connectivity index (χ0v) is 13.3. The summed E-state index contributed by atoms with van der Waals surface area (Å²) in [6.45, 7) is 7.31. The van der Waals surface area contributed by atoms with Gasteiger partial charge in [0.2, 0.25) is 5.91 Å². The number of amides is 1. The fourth-order valence-electron chi connectivity index (χ4n) is 2.29. The lowest BCUT2D eigenvalue weighted by molar-refractivity contribution is -0.147. The van der Waals surface area contributed by atoms with E-state index in [2.05, 4.69) is 5.32 Å². The number of carboxylic acid groups (broad SMARTS) is 1. The van der Waals surface area contributed by atoms with Crippen LogP contribution in [0.5, 0.6) is 0 Å². The minimum atomic E-state index is -1.19. The highest BCUT2D eigenvalue weighted by Gasteiger charge is 2.34. The van der Waals surface area contributed by atoms with Gasteiger partial charge in [-0.3, -0.25) is 4.79 Å². The normalized spacial score (nSPS) is 15.0. The third-order valence-electron chi connectivity index (χ3n) is 3.73. The molecule has 4 heteroatoms. The van der Waals surface area contributed by atoms with Gasteiger partial charge in [0.1, 0.15) is 5.54 Å². The van der Waals surface area contributed by atoms with Gasteiger partial charge in [0.25, 0.3) is 0 Å². The molecule has 0 radical (unpaired) electrons. The molecular weight excluding hydrogens is 266 g/mol. The van der Waals surface area contributed by atoms with Gasteiger partial charge >= 0.3 is 5.97 Å². The van der Waals surface area contributed by atoms with Crippen molar-refractivity contribution < 1.29 is 14.7 Å². The van der Waals surface area contributed by atoms with E-state index >= 15 is 0 Å². The number of carbonyl (C=O) groups excluding carboxylic acids is 1. The third kappa shape index (κ3) is 4.88. The van der Waals surface area contributed by atoms with Crippen LogP contribution in [0.1, 0.15) is 44.7 Å². The van der Waals surface area contributed by atoms with Gasteiger partial charge in [0.15, 0.2) is 0 Å². The minimum Gasteiger partial charge on any atom is -0.480 e. The van der Waals surface area contributed by atoms with Crippen LogP contribution in [-0.4, -0.2) is 22.5 Å². The quantitative estimate of drug-likeness (QED) is 0.811. The van der Waals surface area contributed by atoms with E-state index in [0.29, 0.717) is 19.3 Å². The summed E-state index contributed by atoms with van der Waals surface area (Å²) in [5.74, 6) is -1.46. The number of nitrogens with one attached hydrogen (secondary N) is 1. The Morgan fingerprint density at radius 2 is 1.86 bits per heavy atom. The Morgan fingerprint density at radius 1 is 1.29 bits per heavy atom. The predicted octanol–water partition coefficient (Wildman–Crippen LogP) is 2.93. The van der Waals surface area contributed by atoms with E-state index in [1.165, 1.54) is 5.56 Å². The lowest BCUT2D eigenvalue weighted by Crippen LogP contribution is -2.53. The van der Waals surface area contributed by atoms with Crippen LogP contribution < -0.4 is 5.32 Å². The molecule has 1 aromatic rings. The number of hydrogen-bond donors (Lipinski definition) is 2. The fourth-order valence-corrected chi connectivity index (χ4v) is 2.29. The predicted molar refractivity (Wildman–Crippen MR) is 83.1 cm³/mol. The van der Waals surface area contributed by atoms with Crippen molar-refractivity contribution in [3.63, 3.8) is 0 Å². The smallest absolute Gasteiger partial charge is 0.329 e. The van der Waals surface area contributed by atoms with Gasteiger partial charge in [-0.05, 0) is 32.3 Å². The molecule has 2 atom stereocenters. The number of hydrogen-bond acceptors (Lipinski definition) is 2. The molecule has 0 heterocycles. The first kappa shape index (κ1) is 17.2. The molecule has 1 amide bonds. The zero-order chi connectivity index (χ0) is 16.0. The van der Waals surface area contributed by atoms with Crippen molar-refractivity contribution in [3.05, 3.63) is 35.4 Å². The number of aliphatic carboxylic acids is 1. The van der Waals surface area contributed by atoms with Gasteiger partial charge in [-0.25, -0.2) is 4.79 Å². The lowest BCUT2D eigenvalue weighted by Gasteiger charge is -2.27. The number of benzene rings is 1. The molecule has 1 aromatic carbocycles. The van der Waals surface area contributed by atoms with E-state index in [1.54, 1.807) is 6.92 Å². The second kappa shape index (κ2) is 7.25. The number of aryl methyl sites for hydroxylation is 1. The van der Waals surface area contributed by atoms with Crippen molar-refractivity contribution in [2.24, 2.45) is 5.92 Å². The summed E-state index contributed by atoms with van der Waals surface area (Å²) >= 11 is 0. The zero-order valence-electron chi connectivity index (χ0n) is 13.3. The summed E-state index contributed by atoms with van der Waals surface area (Å²) in [5, 5.41) is 12.0. The standard InChI is InChI=1S/C17H25NO3/c1-5-10-17(4,16(20)21)18-15(19)13(3)11-14-8-6-12(2)7-9-14/h6-9,13H,5,10-11H2,1-4H3,(H,18,19)(H,20,21). The van der Waals surface area contributed by atoms with E-state index in [1.807, 2.05) is 45.0 Å². The van der Waals surface area contributed by atoms with Crippen LogP contribution in [-0.2, 0) is 16.0 Å². The highest BCUT2D eigenvalue weighted by molar-refractivity contribution is 5.87. The highest BCUT2D eigenvalue weighted by Crippen LogP contribution is 2.16. The SMILES string of the molecule is CCCC(C)(NC(=O)C(C)Cc1ccc(C)cc1)C(=O)O. The van der Waals surface area contributed by atoms with Crippen molar-refractivity contribution >= 4 is 11.9 Å². The van der Waals surface area contributed by atoms with E-state index in [9.17, 15) is 14.7 Å². The topological polar surface area (TPSA) is 66.4 Å². The Balaban J connectivity index is 2.69. The Kier molecular flexibility index (Phi) is 5.94. The van der Waals surface area contributed by atoms with Crippen LogP contribution in [0.3, 0.4) is 0 Å². The van der Waals surface area contributed by atoms with E-state index < -0.39 is 11.5 Å². The molecule has 0 saturated heterocycles. The highest BCUT2D eigenvalue weighted by atomic mass is 16.4. The van der Waals surface area contributed by atoms with Crippen LogP contribution in [0.25, 0.3) is 0 Å². The average Bonchev–Trinajstić information content (AvgIpc) is 2.41. The summed E-state index contributed by atoms with van der Waals surface area (Å²) in [6, 6.07) is 8.03. The summed E-state index contributed by atoms with van der Waals surface area (Å²) in [6.07, 6.45) is 1.73. The van der Waals surface area contributed by atoms with Crippen molar-refractivity contribution in [2.45, 2.75) is 52.5 Å². The van der Waals surface area contributed by atoms with Crippen molar-refractivity contribution in [1.29, 1.82) is 0 Å². The maximum atomic E-state index is 12.2. The second-order valence-electron chi connectivity index (χ2n) is 5.97. The molecular formula is C17H25NO3. The van der Waals surface area contributed by atoms with E-state index in [4.69, 9.17) is 0 Å². The molecule has 116 valence electrons. The first-order chi connectivity index (χ1) is 9.78. The molecule has 4 nitrogen and oxygen atoms in total. The number of carbonyl (C=O) groups is 2. The van der Waals surface area contributed by atoms with Gasteiger partial charge in [0.05, 0.1) is 0 Å². The largest absolute Gasteiger partial charge is 0.480 e. The maximum absolute atomic E-state index is 12.2. The first-order valence-electron chi connectivity index (χ1n) is 7.39. The molecule has 0 aliphatic heterocycles. The summed E-state index contributed by atoms with van der Waals surface area (Å²) < 4.78 is 0. The van der Waals surface area contributed by atoms with Crippen LogP contribution >= 0.6 is 0 Å². The molecule has 0 fully saturated rings. The van der Waals surface area contributed by atoms with Gasteiger partial charge < -0.3 is 10.4 Å². The van der Waals surface area contributed by atoms with E-state index in [-0.39, 0.29) is 11.8 Å².